The van der Waals surface area contributed by atoms with Crippen molar-refractivity contribution < 1.29 is 4.74 Å². The van der Waals surface area contributed by atoms with E-state index in [9.17, 15) is 0 Å². The van der Waals surface area contributed by atoms with Crippen LogP contribution in [0.2, 0.25) is 0 Å². The molecule has 0 radical (unpaired) electrons. The number of nitrogens with zero attached hydrogens (tertiary/aromatic N) is 1. The number of guanidine groups is 1. The molecule has 0 aliphatic rings. The highest BCUT2D eigenvalue weighted by molar-refractivity contribution is 5.79. The lowest BCUT2D eigenvalue weighted by Crippen LogP contribution is -2.44. The molecule has 3 N–H and O–H groups in total. The van der Waals surface area contributed by atoms with E-state index >= 15 is 0 Å². The van der Waals surface area contributed by atoms with E-state index in [4.69, 9.17) is 4.74 Å². The number of hydrogen-bond donors (Lipinski definition) is 3. The lowest BCUT2D eigenvalue weighted by Gasteiger charge is -2.21. The topological polar surface area (TPSA) is 57.7 Å². The Morgan fingerprint density at radius 2 is 1.78 bits per heavy atom. The van der Waals surface area contributed by atoms with E-state index < -0.39 is 0 Å². The summed E-state index contributed by atoms with van der Waals surface area (Å²) in [6, 6.07) is 0. The summed E-state index contributed by atoms with van der Waals surface area (Å²) >= 11 is 0. The lowest BCUT2D eigenvalue weighted by molar-refractivity contribution is 0.145. The third-order valence-corrected chi connectivity index (χ3v) is 2.26. The van der Waals surface area contributed by atoms with Crippen molar-refractivity contribution in [2.45, 2.75) is 39.7 Å². The van der Waals surface area contributed by atoms with Crippen molar-refractivity contribution in [3.8, 4) is 0 Å². The number of aliphatic imine (C=N–C) groups is 1. The maximum absolute atomic E-state index is 5.27. The van der Waals surface area contributed by atoms with E-state index in [1.807, 2.05) is 6.92 Å². The van der Waals surface area contributed by atoms with E-state index in [0.29, 0.717) is 0 Å². The van der Waals surface area contributed by atoms with Crippen molar-refractivity contribution in [2.75, 3.05) is 39.9 Å². The van der Waals surface area contributed by atoms with E-state index in [1.54, 1.807) is 7.05 Å². The van der Waals surface area contributed by atoms with Crippen LogP contribution in [0.15, 0.2) is 4.99 Å². The van der Waals surface area contributed by atoms with Gasteiger partial charge in [0, 0.05) is 45.4 Å². The molecule has 0 aromatic heterocycles. The molecule has 0 bridgehead atoms. The number of ether oxygens (including phenoxy) is 1. The minimum absolute atomic E-state index is 0.163. The molecule has 0 saturated carbocycles. The van der Waals surface area contributed by atoms with E-state index in [1.165, 1.54) is 0 Å². The predicted molar refractivity (Wildman–Crippen MR) is 78.2 cm³/mol. The molecular weight excluding hydrogens is 228 g/mol. The first-order chi connectivity index (χ1) is 8.49. The molecule has 5 heteroatoms. The van der Waals surface area contributed by atoms with Crippen molar-refractivity contribution in [2.24, 2.45) is 4.99 Å². The number of hydrogen-bond acceptors (Lipinski definition) is 3. The van der Waals surface area contributed by atoms with Gasteiger partial charge in [-0.2, -0.15) is 0 Å². The van der Waals surface area contributed by atoms with Crippen LogP contribution in [0.1, 0.15) is 34.1 Å². The number of rotatable bonds is 8. The average Bonchev–Trinajstić information content (AvgIpc) is 2.30. The molecule has 0 amide bonds. The minimum Gasteiger partial charge on any atom is -0.382 e. The van der Waals surface area contributed by atoms with Crippen LogP contribution in [0.4, 0.5) is 0 Å². The van der Waals surface area contributed by atoms with Crippen LogP contribution in [-0.4, -0.2) is 51.4 Å². The summed E-state index contributed by atoms with van der Waals surface area (Å²) in [5.74, 6) is 0.849. The maximum Gasteiger partial charge on any atom is 0.191 e. The second kappa shape index (κ2) is 10.1. The quantitative estimate of drug-likeness (QED) is 0.345. The van der Waals surface area contributed by atoms with Gasteiger partial charge in [-0.1, -0.05) is 0 Å². The average molecular weight is 258 g/mol. The van der Waals surface area contributed by atoms with Gasteiger partial charge in [-0.3, -0.25) is 4.99 Å². The van der Waals surface area contributed by atoms with Crippen molar-refractivity contribution in [3.63, 3.8) is 0 Å². The molecule has 5 nitrogen and oxygen atoms in total. The van der Waals surface area contributed by atoms with Gasteiger partial charge in [0.1, 0.15) is 0 Å². The standard InChI is InChI=1S/C13H30N4O/c1-6-18-11-7-8-15-12(14-5)16-9-10-17-13(2,3)4/h17H,6-11H2,1-5H3,(H2,14,15,16). The van der Waals surface area contributed by atoms with E-state index in [0.717, 1.165) is 45.2 Å². The van der Waals surface area contributed by atoms with Gasteiger partial charge >= 0.3 is 0 Å². The zero-order valence-electron chi connectivity index (χ0n) is 12.6. The Bertz CT molecular complexity index is 224. The molecule has 0 fully saturated rings. The van der Waals surface area contributed by atoms with Gasteiger partial charge < -0.3 is 20.7 Å². The highest BCUT2D eigenvalue weighted by Crippen LogP contribution is 1.96. The van der Waals surface area contributed by atoms with Gasteiger partial charge in [-0.05, 0) is 34.1 Å². The number of nitrogens with one attached hydrogen (secondary N) is 3. The molecule has 108 valence electrons. The first kappa shape index (κ1) is 17.2. The van der Waals surface area contributed by atoms with Gasteiger partial charge in [0.25, 0.3) is 0 Å². The summed E-state index contributed by atoms with van der Waals surface area (Å²) in [6.45, 7) is 12.7. The molecule has 0 rings (SSSR count). The Morgan fingerprint density at radius 1 is 1.11 bits per heavy atom. The highest BCUT2D eigenvalue weighted by atomic mass is 16.5. The van der Waals surface area contributed by atoms with Crippen molar-refractivity contribution >= 4 is 5.96 Å². The van der Waals surface area contributed by atoms with Gasteiger partial charge in [-0.25, -0.2) is 0 Å². The normalized spacial score (nSPS) is 12.6. The van der Waals surface area contributed by atoms with Crippen LogP contribution in [0, 0.1) is 0 Å². The Kier molecular flexibility index (Phi) is 9.69. The van der Waals surface area contributed by atoms with Gasteiger partial charge in [0.2, 0.25) is 0 Å². The fourth-order valence-corrected chi connectivity index (χ4v) is 1.36. The molecule has 0 aromatic carbocycles. The predicted octanol–water partition coefficient (Wildman–Crippen LogP) is 0.966. The second-order valence-electron chi connectivity index (χ2n) is 5.15. The summed E-state index contributed by atoms with van der Waals surface area (Å²) in [7, 11) is 1.79. The van der Waals surface area contributed by atoms with Crippen LogP contribution in [-0.2, 0) is 4.74 Å². The molecule has 0 aliphatic carbocycles. The smallest absolute Gasteiger partial charge is 0.191 e. The molecular formula is C13H30N4O. The largest absolute Gasteiger partial charge is 0.382 e. The fourth-order valence-electron chi connectivity index (χ4n) is 1.36. The summed E-state index contributed by atoms with van der Waals surface area (Å²) in [5.41, 5.74) is 0.163. The minimum atomic E-state index is 0.163. The Labute approximate surface area is 112 Å². The third kappa shape index (κ3) is 11.7. The van der Waals surface area contributed by atoms with Crippen LogP contribution in [0.3, 0.4) is 0 Å². The van der Waals surface area contributed by atoms with E-state index in [2.05, 4.69) is 41.7 Å². The first-order valence-electron chi connectivity index (χ1n) is 6.77. The van der Waals surface area contributed by atoms with Crippen molar-refractivity contribution in [1.82, 2.24) is 16.0 Å². The Balaban J connectivity index is 3.54. The molecule has 0 unspecified atom stereocenters. The molecule has 0 aliphatic heterocycles. The molecule has 0 saturated heterocycles. The molecule has 0 aromatic rings. The van der Waals surface area contributed by atoms with Gasteiger partial charge in [-0.15, -0.1) is 0 Å². The molecule has 0 spiro atoms. The maximum atomic E-state index is 5.27. The molecule has 0 atom stereocenters. The molecule has 0 heterocycles. The van der Waals surface area contributed by atoms with Crippen LogP contribution in [0.25, 0.3) is 0 Å². The first-order valence-corrected chi connectivity index (χ1v) is 6.77. The van der Waals surface area contributed by atoms with Crippen molar-refractivity contribution in [1.29, 1.82) is 0 Å². The lowest BCUT2D eigenvalue weighted by atomic mass is 10.1. The highest BCUT2D eigenvalue weighted by Gasteiger charge is 2.07. The second-order valence-corrected chi connectivity index (χ2v) is 5.15. The zero-order valence-corrected chi connectivity index (χ0v) is 12.6. The molecule has 18 heavy (non-hydrogen) atoms. The SMILES string of the molecule is CCOCCCNC(=NC)NCCNC(C)(C)C. The Morgan fingerprint density at radius 3 is 2.33 bits per heavy atom. The zero-order chi connectivity index (χ0) is 13.9. The summed E-state index contributed by atoms with van der Waals surface area (Å²) in [6.07, 6.45) is 0.995. The Hall–Kier alpha value is -0.810. The summed E-state index contributed by atoms with van der Waals surface area (Å²) in [5, 5.41) is 9.95. The van der Waals surface area contributed by atoms with E-state index in [-0.39, 0.29) is 5.54 Å². The summed E-state index contributed by atoms with van der Waals surface area (Å²) in [4.78, 5) is 4.17. The van der Waals surface area contributed by atoms with Crippen LogP contribution >= 0.6 is 0 Å². The fraction of sp³-hybridized carbons (Fsp3) is 0.923. The summed E-state index contributed by atoms with van der Waals surface area (Å²) < 4.78 is 5.27. The van der Waals surface area contributed by atoms with Gasteiger partial charge in [0.15, 0.2) is 5.96 Å². The monoisotopic (exact) mass is 258 g/mol. The van der Waals surface area contributed by atoms with Crippen LogP contribution in [0.5, 0.6) is 0 Å². The van der Waals surface area contributed by atoms with Gasteiger partial charge in [0.05, 0.1) is 0 Å². The third-order valence-electron chi connectivity index (χ3n) is 2.26. The van der Waals surface area contributed by atoms with Crippen LogP contribution < -0.4 is 16.0 Å². The van der Waals surface area contributed by atoms with Crippen molar-refractivity contribution in [3.05, 3.63) is 0 Å².